The maximum absolute atomic E-state index is 14.1. The van der Waals surface area contributed by atoms with E-state index in [0.29, 0.717) is 12.1 Å². The van der Waals surface area contributed by atoms with Gasteiger partial charge in [-0.15, -0.1) is 0 Å². The Morgan fingerprint density at radius 1 is 0.850 bits per heavy atom. The third-order valence-corrected chi connectivity index (χ3v) is 8.32. The van der Waals surface area contributed by atoms with Crippen LogP contribution in [0.5, 0.6) is 0 Å². The van der Waals surface area contributed by atoms with Crippen LogP contribution in [0.15, 0.2) is 77.7 Å². The van der Waals surface area contributed by atoms with Crippen LogP contribution in [-0.4, -0.2) is 43.3 Å². The van der Waals surface area contributed by atoms with Gasteiger partial charge in [0.25, 0.3) is 10.0 Å². The van der Waals surface area contributed by atoms with Gasteiger partial charge in [0.15, 0.2) is 0 Å². The number of hydrogen-bond acceptors (Lipinski definition) is 4. The topological polar surface area (TPSA) is 86.8 Å². The summed E-state index contributed by atoms with van der Waals surface area (Å²) in [7, 11) is -4.09. The van der Waals surface area contributed by atoms with Crippen LogP contribution in [0.2, 0.25) is 0 Å². The second-order valence-electron chi connectivity index (χ2n) is 11.3. The number of anilines is 1. The van der Waals surface area contributed by atoms with Crippen LogP contribution in [-0.2, 0) is 26.2 Å². The summed E-state index contributed by atoms with van der Waals surface area (Å²) in [6, 6.07) is 20.5. The molecule has 0 aliphatic rings. The molecule has 3 rings (SSSR count). The molecule has 8 heteroatoms. The predicted molar refractivity (Wildman–Crippen MR) is 161 cm³/mol. The minimum atomic E-state index is -4.09. The number of nitrogens with zero attached hydrogens (tertiary/aromatic N) is 2. The van der Waals surface area contributed by atoms with Crippen LogP contribution in [0.25, 0.3) is 0 Å². The van der Waals surface area contributed by atoms with E-state index < -0.39 is 34.1 Å². The van der Waals surface area contributed by atoms with Crippen LogP contribution >= 0.6 is 0 Å². The lowest BCUT2D eigenvalue weighted by Crippen LogP contribution is -2.55. The molecule has 2 amide bonds. The van der Waals surface area contributed by atoms with Gasteiger partial charge in [-0.3, -0.25) is 13.9 Å². The SMILES string of the molecule is CC[C@@H](C(=O)NC(C)(C)C)N(Cc1cccc(C)c1)C(=O)CN(c1ccc(C)cc1)S(=O)(=O)c1ccc(C)cc1. The Labute approximate surface area is 239 Å². The Hall–Kier alpha value is -3.65. The fourth-order valence-corrected chi connectivity index (χ4v) is 5.87. The van der Waals surface area contributed by atoms with Gasteiger partial charge in [-0.1, -0.05) is 72.1 Å². The lowest BCUT2D eigenvalue weighted by Gasteiger charge is -2.35. The van der Waals surface area contributed by atoms with E-state index in [0.717, 1.165) is 26.6 Å². The van der Waals surface area contributed by atoms with Crippen LogP contribution in [0, 0.1) is 20.8 Å². The highest BCUT2D eigenvalue weighted by Crippen LogP contribution is 2.26. The number of nitrogens with one attached hydrogen (secondary N) is 1. The number of rotatable bonds is 10. The Bertz CT molecular complexity index is 1430. The van der Waals surface area contributed by atoms with Gasteiger partial charge in [-0.05, 0) is 77.8 Å². The molecule has 0 radical (unpaired) electrons. The molecule has 0 fully saturated rings. The summed E-state index contributed by atoms with van der Waals surface area (Å²) < 4.78 is 29.0. The standard InChI is InChI=1S/C32H41N3O4S/c1-8-29(31(37)33-32(5,6)7)34(21-26-11-9-10-25(4)20-26)30(36)22-35(27-16-12-23(2)13-17-27)40(38,39)28-18-14-24(3)15-19-28/h9-20,29H,8,21-22H2,1-7H3,(H,33,37)/t29-/m0/s1. The van der Waals surface area contributed by atoms with Gasteiger partial charge in [-0.2, -0.15) is 0 Å². The smallest absolute Gasteiger partial charge is 0.264 e. The maximum Gasteiger partial charge on any atom is 0.264 e. The molecule has 3 aromatic rings. The molecule has 0 aromatic heterocycles. The zero-order valence-electron chi connectivity index (χ0n) is 24.6. The molecule has 40 heavy (non-hydrogen) atoms. The number of hydrogen-bond donors (Lipinski definition) is 1. The van der Waals surface area contributed by atoms with E-state index in [1.165, 1.54) is 4.90 Å². The first-order chi connectivity index (χ1) is 18.7. The first-order valence-electron chi connectivity index (χ1n) is 13.5. The summed E-state index contributed by atoms with van der Waals surface area (Å²) in [4.78, 5) is 29.1. The molecule has 3 aromatic carbocycles. The molecule has 0 unspecified atom stereocenters. The second kappa shape index (κ2) is 12.7. The number of aryl methyl sites for hydroxylation is 3. The molecule has 0 aliphatic heterocycles. The van der Waals surface area contributed by atoms with E-state index in [1.807, 2.05) is 84.9 Å². The molecule has 214 valence electrons. The van der Waals surface area contributed by atoms with Crippen LogP contribution in [0.1, 0.15) is 56.4 Å². The Morgan fingerprint density at radius 2 is 1.43 bits per heavy atom. The number of sulfonamides is 1. The van der Waals surface area contributed by atoms with Crippen molar-refractivity contribution in [3.63, 3.8) is 0 Å². The highest BCUT2D eigenvalue weighted by Gasteiger charge is 2.34. The van der Waals surface area contributed by atoms with Gasteiger partial charge >= 0.3 is 0 Å². The van der Waals surface area contributed by atoms with Gasteiger partial charge < -0.3 is 10.2 Å². The molecule has 0 bridgehead atoms. The monoisotopic (exact) mass is 563 g/mol. The first-order valence-corrected chi connectivity index (χ1v) is 15.0. The maximum atomic E-state index is 14.1. The molecule has 1 N–H and O–H groups in total. The van der Waals surface area contributed by atoms with Gasteiger partial charge in [0.05, 0.1) is 10.6 Å². The molecular formula is C32H41N3O4S. The number of amides is 2. The van der Waals surface area contributed by atoms with Crippen molar-refractivity contribution in [3.05, 3.63) is 95.1 Å². The minimum Gasteiger partial charge on any atom is -0.350 e. The van der Waals surface area contributed by atoms with Crippen molar-refractivity contribution in [1.29, 1.82) is 0 Å². The molecule has 0 heterocycles. The Morgan fingerprint density at radius 3 is 1.95 bits per heavy atom. The van der Waals surface area contributed by atoms with Gasteiger partial charge in [0.2, 0.25) is 11.8 Å². The van der Waals surface area contributed by atoms with Crippen molar-refractivity contribution in [2.75, 3.05) is 10.8 Å². The molecular weight excluding hydrogens is 522 g/mol. The highest BCUT2D eigenvalue weighted by molar-refractivity contribution is 7.92. The lowest BCUT2D eigenvalue weighted by atomic mass is 10.0. The van der Waals surface area contributed by atoms with Crippen LogP contribution in [0.3, 0.4) is 0 Å². The van der Waals surface area contributed by atoms with Crippen LogP contribution < -0.4 is 9.62 Å². The van der Waals surface area contributed by atoms with Crippen molar-refractivity contribution in [1.82, 2.24) is 10.2 Å². The minimum absolute atomic E-state index is 0.0919. The van der Waals surface area contributed by atoms with Gasteiger partial charge in [0.1, 0.15) is 12.6 Å². The predicted octanol–water partition coefficient (Wildman–Crippen LogP) is 5.53. The second-order valence-corrected chi connectivity index (χ2v) is 13.2. The normalized spacial score (nSPS) is 12.5. The number of benzene rings is 3. The van der Waals surface area contributed by atoms with E-state index in [1.54, 1.807) is 36.4 Å². The largest absolute Gasteiger partial charge is 0.350 e. The molecule has 7 nitrogen and oxygen atoms in total. The fourth-order valence-electron chi connectivity index (χ4n) is 4.46. The van der Waals surface area contributed by atoms with Crippen molar-refractivity contribution in [3.8, 4) is 0 Å². The summed E-state index contributed by atoms with van der Waals surface area (Å²) in [5.41, 5.74) is 3.66. The van der Waals surface area contributed by atoms with Crippen molar-refractivity contribution < 1.29 is 18.0 Å². The molecule has 0 aliphatic carbocycles. The Balaban J connectivity index is 2.07. The van der Waals surface area contributed by atoms with Crippen molar-refractivity contribution in [2.24, 2.45) is 0 Å². The first kappa shape index (κ1) is 30.9. The van der Waals surface area contributed by atoms with Gasteiger partial charge in [-0.25, -0.2) is 8.42 Å². The van der Waals surface area contributed by atoms with Crippen molar-refractivity contribution >= 4 is 27.5 Å². The summed E-state index contributed by atoms with van der Waals surface area (Å²) >= 11 is 0. The van der Waals surface area contributed by atoms with Gasteiger partial charge in [0, 0.05) is 12.1 Å². The van der Waals surface area contributed by atoms with E-state index in [9.17, 15) is 18.0 Å². The molecule has 0 spiro atoms. The Kier molecular flexibility index (Phi) is 9.79. The summed E-state index contributed by atoms with van der Waals surface area (Å²) in [6.07, 6.45) is 0.370. The highest BCUT2D eigenvalue weighted by atomic mass is 32.2. The number of carbonyl (C=O) groups is 2. The average Bonchev–Trinajstić information content (AvgIpc) is 2.87. The third kappa shape index (κ3) is 7.94. The quantitative estimate of drug-likeness (QED) is 0.352. The molecule has 1 atom stereocenters. The molecule has 0 saturated carbocycles. The summed E-state index contributed by atoms with van der Waals surface area (Å²) in [6.45, 7) is 13.0. The lowest BCUT2D eigenvalue weighted by molar-refractivity contribution is -0.141. The van der Waals surface area contributed by atoms with E-state index in [4.69, 9.17) is 0 Å². The van der Waals surface area contributed by atoms with E-state index in [-0.39, 0.29) is 17.3 Å². The zero-order chi connectivity index (χ0) is 29.7. The third-order valence-electron chi connectivity index (χ3n) is 6.53. The average molecular weight is 564 g/mol. The summed E-state index contributed by atoms with van der Waals surface area (Å²) in [5, 5.41) is 2.99. The zero-order valence-corrected chi connectivity index (χ0v) is 25.4. The van der Waals surface area contributed by atoms with Crippen LogP contribution in [0.4, 0.5) is 5.69 Å². The fraction of sp³-hybridized carbons (Fsp3) is 0.375. The number of carbonyl (C=O) groups excluding carboxylic acids is 2. The van der Waals surface area contributed by atoms with E-state index in [2.05, 4.69) is 5.32 Å². The summed E-state index contributed by atoms with van der Waals surface area (Å²) in [5.74, 6) is -0.743. The van der Waals surface area contributed by atoms with Crippen molar-refractivity contribution in [2.45, 2.75) is 77.9 Å². The molecule has 0 saturated heterocycles. The van der Waals surface area contributed by atoms with E-state index >= 15 is 0 Å².